The van der Waals surface area contributed by atoms with Crippen molar-refractivity contribution in [2.45, 2.75) is 38.8 Å². The summed E-state index contributed by atoms with van der Waals surface area (Å²) in [6.45, 7) is 4.43. The predicted octanol–water partition coefficient (Wildman–Crippen LogP) is 6.10. The number of aryl methyl sites for hydroxylation is 1. The number of hydrogen-bond donors (Lipinski definition) is 3. The number of carboxylic acids is 1. The summed E-state index contributed by atoms with van der Waals surface area (Å²) >= 11 is 0. The molecule has 0 aliphatic carbocycles. The first-order valence-electron chi connectivity index (χ1n) is 12.3. The van der Waals surface area contributed by atoms with Crippen LogP contribution >= 0.6 is 0 Å². The van der Waals surface area contributed by atoms with Crippen LogP contribution in [0.5, 0.6) is 0 Å². The second kappa shape index (κ2) is 11.1. The van der Waals surface area contributed by atoms with E-state index in [9.17, 15) is 4.79 Å². The van der Waals surface area contributed by atoms with Gasteiger partial charge in [0.15, 0.2) is 0 Å². The standard InChI is InChI=1S/C31H33N3O2/c1-4-22-7-13-28(14-8-22)34-21(2)17-26-18-25(27(19-32)20-33-3)12-15-29(26)31(34)24-10-5-23(6-11-24)9-16-30(35)36/h5-16,18-21,31-33H,4,17H2,1-3H3,(H,35,36)/b16-9+,27-20+,32-19?. The number of aliphatic carboxylic acids is 1. The SMILES string of the molecule is CCc1ccc(N2C(C)Cc3cc(/C(C=N)=C/NC)ccc3C2c2ccc(/C=C/C(=O)O)cc2)cc1. The zero-order chi connectivity index (χ0) is 25.7. The molecular formula is C31H33N3O2. The molecule has 1 heterocycles. The van der Waals surface area contributed by atoms with Crippen LogP contribution in [-0.2, 0) is 17.6 Å². The lowest BCUT2D eigenvalue weighted by Crippen LogP contribution is -2.43. The predicted molar refractivity (Wildman–Crippen MR) is 149 cm³/mol. The average molecular weight is 480 g/mol. The van der Waals surface area contributed by atoms with Crippen molar-refractivity contribution in [1.82, 2.24) is 5.32 Å². The highest BCUT2D eigenvalue weighted by Gasteiger charge is 2.33. The van der Waals surface area contributed by atoms with Gasteiger partial charge in [-0.3, -0.25) is 0 Å². The van der Waals surface area contributed by atoms with Crippen molar-refractivity contribution in [3.63, 3.8) is 0 Å². The van der Waals surface area contributed by atoms with Gasteiger partial charge in [0.25, 0.3) is 0 Å². The molecule has 5 heteroatoms. The van der Waals surface area contributed by atoms with Crippen LogP contribution in [0.1, 0.15) is 53.3 Å². The molecule has 2 unspecified atom stereocenters. The number of benzene rings is 3. The Morgan fingerprint density at radius 3 is 2.44 bits per heavy atom. The molecule has 0 bridgehead atoms. The normalized spacial score (nSPS) is 17.6. The summed E-state index contributed by atoms with van der Waals surface area (Å²) in [5, 5.41) is 19.8. The van der Waals surface area contributed by atoms with Gasteiger partial charge in [-0.25, -0.2) is 4.79 Å². The highest BCUT2D eigenvalue weighted by molar-refractivity contribution is 6.08. The number of carboxylic acid groups (broad SMARTS) is 1. The Labute approximate surface area is 213 Å². The van der Waals surface area contributed by atoms with E-state index < -0.39 is 5.97 Å². The summed E-state index contributed by atoms with van der Waals surface area (Å²) < 4.78 is 0. The second-order valence-electron chi connectivity index (χ2n) is 9.17. The molecule has 36 heavy (non-hydrogen) atoms. The molecular weight excluding hydrogens is 446 g/mol. The minimum Gasteiger partial charge on any atom is -0.478 e. The van der Waals surface area contributed by atoms with E-state index in [-0.39, 0.29) is 12.1 Å². The summed E-state index contributed by atoms with van der Waals surface area (Å²) in [5.74, 6) is -0.955. The van der Waals surface area contributed by atoms with Crippen molar-refractivity contribution >= 4 is 29.5 Å². The van der Waals surface area contributed by atoms with E-state index in [0.717, 1.165) is 41.2 Å². The molecule has 3 N–H and O–H groups in total. The molecule has 0 aromatic heterocycles. The molecule has 0 amide bonds. The Kier molecular flexibility index (Phi) is 7.69. The first-order valence-corrected chi connectivity index (χ1v) is 12.3. The van der Waals surface area contributed by atoms with Crippen LogP contribution in [-0.4, -0.2) is 30.4 Å². The number of allylic oxidation sites excluding steroid dienone is 1. The van der Waals surface area contributed by atoms with Gasteiger partial charge in [-0.1, -0.05) is 61.5 Å². The average Bonchev–Trinajstić information content (AvgIpc) is 2.90. The Morgan fingerprint density at radius 2 is 1.83 bits per heavy atom. The molecule has 0 spiro atoms. The van der Waals surface area contributed by atoms with Crippen LogP contribution in [0.25, 0.3) is 11.6 Å². The zero-order valence-corrected chi connectivity index (χ0v) is 21.0. The number of anilines is 1. The summed E-state index contributed by atoms with van der Waals surface area (Å²) in [5.41, 5.74) is 8.91. The van der Waals surface area contributed by atoms with Crippen LogP contribution < -0.4 is 10.2 Å². The lowest BCUT2D eigenvalue weighted by molar-refractivity contribution is -0.131. The number of rotatable bonds is 8. The van der Waals surface area contributed by atoms with Crippen molar-refractivity contribution in [2.24, 2.45) is 0 Å². The minimum absolute atomic E-state index is 0.0134. The number of carbonyl (C=O) groups is 1. The molecule has 3 aromatic rings. The third kappa shape index (κ3) is 5.25. The van der Waals surface area contributed by atoms with Crippen molar-refractivity contribution in [3.05, 3.63) is 112 Å². The Bertz CT molecular complexity index is 1290. The maximum atomic E-state index is 10.9. The highest BCUT2D eigenvalue weighted by atomic mass is 16.4. The number of hydrogen-bond acceptors (Lipinski definition) is 4. The van der Waals surface area contributed by atoms with Crippen LogP contribution in [0.2, 0.25) is 0 Å². The second-order valence-corrected chi connectivity index (χ2v) is 9.17. The van der Waals surface area contributed by atoms with E-state index in [0.29, 0.717) is 0 Å². The van der Waals surface area contributed by atoms with Crippen LogP contribution in [0, 0.1) is 5.41 Å². The third-order valence-electron chi connectivity index (χ3n) is 6.81. The van der Waals surface area contributed by atoms with Gasteiger partial charge >= 0.3 is 5.97 Å². The van der Waals surface area contributed by atoms with Gasteiger partial charge < -0.3 is 20.7 Å². The van der Waals surface area contributed by atoms with E-state index in [1.807, 2.05) is 25.4 Å². The Morgan fingerprint density at radius 1 is 1.11 bits per heavy atom. The van der Waals surface area contributed by atoms with E-state index >= 15 is 0 Å². The molecule has 184 valence electrons. The smallest absolute Gasteiger partial charge is 0.328 e. The van der Waals surface area contributed by atoms with Crippen LogP contribution in [0.15, 0.2) is 79.0 Å². The van der Waals surface area contributed by atoms with Crippen LogP contribution in [0.3, 0.4) is 0 Å². The maximum absolute atomic E-state index is 10.9. The first kappa shape index (κ1) is 25.0. The molecule has 3 aromatic carbocycles. The molecule has 0 saturated carbocycles. The minimum atomic E-state index is -0.955. The monoisotopic (exact) mass is 479 g/mol. The third-order valence-corrected chi connectivity index (χ3v) is 6.81. The van der Waals surface area contributed by atoms with Gasteiger partial charge in [0.05, 0.1) is 6.04 Å². The van der Waals surface area contributed by atoms with Crippen molar-refractivity contribution < 1.29 is 9.90 Å². The van der Waals surface area contributed by atoms with E-state index in [1.54, 1.807) is 6.08 Å². The highest BCUT2D eigenvalue weighted by Crippen LogP contribution is 2.41. The molecule has 0 saturated heterocycles. The fourth-order valence-electron chi connectivity index (χ4n) is 5.02. The summed E-state index contributed by atoms with van der Waals surface area (Å²) in [6.07, 6.45) is 7.92. The quantitative estimate of drug-likeness (QED) is 0.270. The first-order chi connectivity index (χ1) is 17.4. The Hall–Kier alpha value is -4.12. The Balaban J connectivity index is 1.82. The number of nitrogens with one attached hydrogen (secondary N) is 2. The lowest BCUT2D eigenvalue weighted by Gasteiger charge is -2.44. The van der Waals surface area contributed by atoms with Gasteiger partial charge in [0.1, 0.15) is 0 Å². The largest absolute Gasteiger partial charge is 0.478 e. The van der Waals surface area contributed by atoms with E-state index in [4.69, 9.17) is 10.5 Å². The number of fused-ring (bicyclic) bond motifs is 1. The summed E-state index contributed by atoms with van der Waals surface area (Å²) in [6, 6.07) is 23.8. The fraction of sp³-hybridized carbons (Fsp3) is 0.226. The molecule has 5 nitrogen and oxygen atoms in total. The van der Waals surface area contributed by atoms with Gasteiger partial charge in [0.2, 0.25) is 0 Å². The van der Waals surface area contributed by atoms with E-state index in [2.05, 4.69) is 78.7 Å². The van der Waals surface area contributed by atoms with Crippen molar-refractivity contribution in [2.75, 3.05) is 11.9 Å². The van der Waals surface area contributed by atoms with Gasteiger partial charge in [-0.05, 0) is 71.4 Å². The summed E-state index contributed by atoms with van der Waals surface area (Å²) in [4.78, 5) is 13.4. The molecule has 2 atom stereocenters. The number of nitrogens with zero attached hydrogens (tertiary/aromatic N) is 1. The molecule has 1 aliphatic heterocycles. The fourth-order valence-corrected chi connectivity index (χ4v) is 5.02. The van der Waals surface area contributed by atoms with Gasteiger partial charge in [-0.15, -0.1) is 0 Å². The topological polar surface area (TPSA) is 76.4 Å². The maximum Gasteiger partial charge on any atom is 0.328 e. The molecule has 4 rings (SSSR count). The molecule has 0 fully saturated rings. The molecule has 1 aliphatic rings. The van der Waals surface area contributed by atoms with E-state index in [1.165, 1.54) is 28.6 Å². The van der Waals surface area contributed by atoms with Gasteiger partial charge in [-0.2, -0.15) is 0 Å². The molecule has 0 radical (unpaired) electrons. The van der Waals surface area contributed by atoms with Crippen molar-refractivity contribution in [1.29, 1.82) is 5.41 Å². The van der Waals surface area contributed by atoms with Gasteiger partial charge in [0, 0.05) is 42.8 Å². The lowest BCUT2D eigenvalue weighted by atomic mass is 9.83. The zero-order valence-electron chi connectivity index (χ0n) is 21.0. The summed E-state index contributed by atoms with van der Waals surface area (Å²) in [7, 11) is 1.84. The van der Waals surface area contributed by atoms with Crippen molar-refractivity contribution in [3.8, 4) is 0 Å². The van der Waals surface area contributed by atoms with Crippen LogP contribution in [0.4, 0.5) is 5.69 Å².